The number of hydrogen-bond acceptors (Lipinski definition) is 3. The monoisotopic (exact) mass is 278 g/mol. The fourth-order valence-electron chi connectivity index (χ4n) is 1.73. The van der Waals surface area contributed by atoms with Gasteiger partial charge in [-0.05, 0) is 30.2 Å². The molecule has 0 bridgehead atoms. The third kappa shape index (κ3) is 5.78. The summed E-state index contributed by atoms with van der Waals surface area (Å²) in [6.07, 6.45) is 5.76. The van der Waals surface area contributed by atoms with E-state index >= 15 is 0 Å². The normalized spacial score (nSPS) is 11.2. The van der Waals surface area contributed by atoms with Gasteiger partial charge in [0.15, 0.2) is 0 Å². The molecule has 0 aliphatic carbocycles. The largest absolute Gasteiger partial charge is 0.497 e. The Bertz CT molecular complexity index is 434. The van der Waals surface area contributed by atoms with Crippen LogP contribution in [-0.2, 0) is 9.53 Å². The number of unbranched alkanes of at least 4 members (excludes halogenated alkanes) is 3. The van der Waals surface area contributed by atoms with E-state index in [0.717, 1.165) is 37.0 Å². The summed E-state index contributed by atoms with van der Waals surface area (Å²) in [4.78, 5) is 11.1. The first-order valence-corrected chi connectivity index (χ1v) is 6.89. The SMILES string of the molecule is CCCCCCOC(=Cc1ccc(OC)cc1)C(=O)O. The molecule has 0 radical (unpaired) electrons. The summed E-state index contributed by atoms with van der Waals surface area (Å²) in [5.74, 6) is -0.331. The van der Waals surface area contributed by atoms with Gasteiger partial charge in [0.2, 0.25) is 5.76 Å². The zero-order valence-corrected chi connectivity index (χ0v) is 12.1. The van der Waals surface area contributed by atoms with Gasteiger partial charge < -0.3 is 14.6 Å². The van der Waals surface area contributed by atoms with E-state index in [2.05, 4.69) is 6.92 Å². The van der Waals surface area contributed by atoms with Crippen LogP contribution in [0.25, 0.3) is 6.08 Å². The highest BCUT2D eigenvalue weighted by Gasteiger charge is 2.08. The molecule has 0 atom stereocenters. The van der Waals surface area contributed by atoms with Crippen LogP contribution in [0.4, 0.5) is 0 Å². The first-order valence-electron chi connectivity index (χ1n) is 6.89. The van der Waals surface area contributed by atoms with Crippen LogP contribution in [0, 0.1) is 0 Å². The van der Waals surface area contributed by atoms with Gasteiger partial charge in [0.1, 0.15) is 5.75 Å². The Morgan fingerprint density at radius 1 is 1.20 bits per heavy atom. The maximum absolute atomic E-state index is 11.1. The molecule has 4 heteroatoms. The van der Waals surface area contributed by atoms with Crippen LogP contribution in [0.15, 0.2) is 30.0 Å². The summed E-state index contributed by atoms with van der Waals surface area (Å²) in [7, 11) is 1.59. The van der Waals surface area contributed by atoms with Gasteiger partial charge in [-0.1, -0.05) is 38.3 Å². The summed E-state index contributed by atoms with van der Waals surface area (Å²) < 4.78 is 10.4. The molecule has 0 aliphatic heterocycles. The predicted octanol–water partition coefficient (Wildman–Crippen LogP) is 3.72. The second kappa shape index (κ2) is 9.02. The average molecular weight is 278 g/mol. The van der Waals surface area contributed by atoms with Gasteiger partial charge in [0.05, 0.1) is 13.7 Å². The van der Waals surface area contributed by atoms with Gasteiger partial charge in [-0.3, -0.25) is 0 Å². The molecule has 0 aromatic heterocycles. The van der Waals surface area contributed by atoms with Crippen molar-refractivity contribution in [2.45, 2.75) is 32.6 Å². The highest BCUT2D eigenvalue weighted by molar-refractivity contribution is 5.89. The second-order valence-corrected chi connectivity index (χ2v) is 4.50. The Balaban J connectivity index is 2.59. The fraction of sp³-hybridized carbons (Fsp3) is 0.438. The molecular formula is C16H22O4. The number of carbonyl (C=O) groups is 1. The van der Waals surface area contributed by atoms with Gasteiger partial charge in [-0.15, -0.1) is 0 Å². The van der Waals surface area contributed by atoms with Crippen molar-refractivity contribution in [1.29, 1.82) is 0 Å². The lowest BCUT2D eigenvalue weighted by molar-refractivity contribution is -0.136. The molecule has 4 nitrogen and oxygen atoms in total. The number of aliphatic carboxylic acids is 1. The van der Waals surface area contributed by atoms with Gasteiger partial charge >= 0.3 is 5.97 Å². The van der Waals surface area contributed by atoms with Crippen LogP contribution < -0.4 is 4.74 Å². The molecule has 1 N–H and O–H groups in total. The number of carboxylic acid groups (broad SMARTS) is 1. The van der Waals surface area contributed by atoms with Crippen LogP contribution in [0.2, 0.25) is 0 Å². The standard InChI is InChI=1S/C16H22O4/c1-3-4-5-6-11-20-15(16(17)18)12-13-7-9-14(19-2)10-8-13/h7-10,12H,3-6,11H2,1-2H3,(H,17,18). The van der Waals surface area contributed by atoms with Gasteiger partial charge in [0.25, 0.3) is 0 Å². The summed E-state index contributed by atoms with van der Waals surface area (Å²) in [6, 6.07) is 7.16. The van der Waals surface area contributed by atoms with Gasteiger partial charge in [0, 0.05) is 0 Å². The average Bonchev–Trinajstić information content (AvgIpc) is 2.46. The molecule has 110 valence electrons. The third-order valence-corrected chi connectivity index (χ3v) is 2.88. The highest BCUT2D eigenvalue weighted by Crippen LogP contribution is 2.15. The quantitative estimate of drug-likeness (QED) is 0.425. The molecule has 0 aliphatic rings. The van der Waals surface area contributed by atoms with Crippen LogP contribution in [-0.4, -0.2) is 24.8 Å². The third-order valence-electron chi connectivity index (χ3n) is 2.88. The topological polar surface area (TPSA) is 55.8 Å². The minimum atomic E-state index is -1.05. The zero-order chi connectivity index (χ0) is 14.8. The Kier molecular flexibility index (Phi) is 7.25. The van der Waals surface area contributed by atoms with E-state index in [-0.39, 0.29) is 5.76 Å². The van der Waals surface area contributed by atoms with Crippen LogP contribution >= 0.6 is 0 Å². The van der Waals surface area contributed by atoms with Crippen molar-refractivity contribution in [2.24, 2.45) is 0 Å². The molecule has 0 spiro atoms. The second-order valence-electron chi connectivity index (χ2n) is 4.50. The minimum Gasteiger partial charge on any atom is -0.497 e. The van der Waals surface area contributed by atoms with E-state index in [1.54, 1.807) is 31.4 Å². The predicted molar refractivity (Wildman–Crippen MR) is 78.7 cm³/mol. The number of carboxylic acids is 1. The Labute approximate surface area is 120 Å². The molecule has 0 amide bonds. The van der Waals surface area contributed by atoms with E-state index in [0.29, 0.717) is 6.61 Å². The molecule has 0 fully saturated rings. The van der Waals surface area contributed by atoms with Crippen molar-refractivity contribution in [3.8, 4) is 5.75 Å². The molecule has 0 unspecified atom stereocenters. The Morgan fingerprint density at radius 3 is 2.45 bits per heavy atom. The lowest BCUT2D eigenvalue weighted by Gasteiger charge is -2.07. The number of methoxy groups -OCH3 is 1. The summed E-state index contributed by atoms with van der Waals surface area (Å²) in [5, 5.41) is 9.12. The molecule has 0 saturated carbocycles. The number of hydrogen-bond donors (Lipinski definition) is 1. The minimum absolute atomic E-state index is 0.0216. The summed E-state index contributed by atoms with van der Waals surface area (Å²) in [5.41, 5.74) is 0.775. The lowest BCUT2D eigenvalue weighted by atomic mass is 10.2. The summed E-state index contributed by atoms with van der Waals surface area (Å²) >= 11 is 0. The van der Waals surface area contributed by atoms with E-state index in [1.807, 2.05) is 0 Å². The number of benzene rings is 1. The van der Waals surface area contributed by atoms with E-state index in [1.165, 1.54) is 6.08 Å². The first-order chi connectivity index (χ1) is 9.67. The maximum Gasteiger partial charge on any atom is 0.371 e. The molecule has 0 saturated heterocycles. The maximum atomic E-state index is 11.1. The molecule has 1 aromatic carbocycles. The molecule has 1 aromatic rings. The van der Waals surface area contributed by atoms with Crippen molar-refractivity contribution in [3.63, 3.8) is 0 Å². The number of ether oxygens (including phenoxy) is 2. The van der Waals surface area contributed by atoms with Crippen LogP contribution in [0.3, 0.4) is 0 Å². The first kappa shape index (κ1) is 16.1. The van der Waals surface area contributed by atoms with E-state index < -0.39 is 5.97 Å². The molecule has 20 heavy (non-hydrogen) atoms. The summed E-state index contributed by atoms with van der Waals surface area (Å²) in [6.45, 7) is 2.57. The Hall–Kier alpha value is -1.97. The molecule has 0 heterocycles. The van der Waals surface area contributed by atoms with Crippen LogP contribution in [0.5, 0.6) is 5.75 Å². The van der Waals surface area contributed by atoms with Crippen LogP contribution in [0.1, 0.15) is 38.2 Å². The van der Waals surface area contributed by atoms with E-state index in [9.17, 15) is 4.79 Å². The lowest BCUT2D eigenvalue weighted by Crippen LogP contribution is -2.06. The van der Waals surface area contributed by atoms with Crippen molar-refractivity contribution in [2.75, 3.05) is 13.7 Å². The van der Waals surface area contributed by atoms with Crippen molar-refractivity contribution >= 4 is 12.0 Å². The zero-order valence-electron chi connectivity index (χ0n) is 12.1. The molecule has 1 rings (SSSR count). The molecular weight excluding hydrogens is 256 g/mol. The van der Waals surface area contributed by atoms with Crippen molar-refractivity contribution < 1.29 is 19.4 Å². The highest BCUT2D eigenvalue weighted by atomic mass is 16.5. The smallest absolute Gasteiger partial charge is 0.371 e. The van der Waals surface area contributed by atoms with E-state index in [4.69, 9.17) is 14.6 Å². The van der Waals surface area contributed by atoms with Crippen molar-refractivity contribution in [1.82, 2.24) is 0 Å². The van der Waals surface area contributed by atoms with Gasteiger partial charge in [-0.25, -0.2) is 4.79 Å². The number of rotatable bonds is 9. The van der Waals surface area contributed by atoms with Gasteiger partial charge in [-0.2, -0.15) is 0 Å². The Morgan fingerprint density at radius 2 is 1.90 bits per heavy atom. The van der Waals surface area contributed by atoms with Crippen molar-refractivity contribution in [3.05, 3.63) is 35.6 Å². The fourth-order valence-corrected chi connectivity index (χ4v) is 1.73.